The van der Waals surface area contributed by atoms with Crippen molar-refractivity contribution in [1.82, 2.24) is 0 Å². The first-order chi connectivity index (χ1) is 11.9. The fraction of sp³-hybridized carbons (Fsp3) is 0.278. The van der Waals surface area contributed by atoms with Gasteiger partial charge in [0.05, 0.1) is 24.1 Å². The van der Waals surface area contributed by atoms with Crippen LogP contribution in [-0.2, 0) is 14.8 Å². The van der Waals surface area contributed by atoms with Gasteiger partial charge in [-0.2, -0.15) is 0 Å². The Kier molecular flexibility index (Phi) is 6.41. The highest BCUT2D eigenvalue weighted by Gasteiger charge is 2.12. The molecule has 2 aromatic rings. The average Bonchev–Trinajstić information content (AvgIpc) is 2.61. The Hall–Kier alpha value is -2.54. The largest absolute Gasteiger partial charge is 0.465 e. The number of nitrogens with one attached hydrogen (secondary N) is 2. The minimum Gasteiger partial charge on any atom is -0.465 e. The average molecular weight is 362 g/mol. The van der Waals surface area contributed by atoms with E-state index in [4.69, 9.17) is 4.74 Å². The molecular weight excluding hydrogens is 340 g/mol. The SMILES string of the molecule is CCCCS(=O)(=O)Nc1ccc(Nc2ccccc2C(=O)OC)cc1. The van der Waals surface area contributed by atoms with Gasteiger partial charge in [0.2, 0.25) is 10.0 Å². The Balaban J connectivity index is 2.10. The Bertz CT molecular complexity index is 817. The van der Waals surface area contributed by atoms with Crippen molar-refractivity contribution in [2.75, 3.05) is 22.9 Å². The summed E-state index contributed by atoms with van der Waals surface area (Å²) in [5.74, 6) is -0.320. The highest BCUT2D eigenvalue weighted by atomic mass is 32.2. The summed E-state index contributed by atoms with van der Waals surface area (Å²) in [6.45, 7) is 1.95. The van der Waals surface area contributed by atoms with Gasteiger partial charge in [-0.3, -0.25) is 4.72 Å². The monoisotopic (exact) mass is 362 g/mol. The van der Waals surface area contributed by atoms with E-state index in [1.54, 1.807) is 42.5 Å². The lowest BCUT2D eigenvalue weighted by atomic mass is 10.1. The van der Waals surface area contributed by atoms with Gasteiger partial charge in [-0.15, -0.1) is 0 Å². The normalized spacial score (nSPS) is 11.0. The predicted octanol–water partition coefficient (Wildman–Crippen LogP) is 3.76. The van der Waals surface area contributed by atoms with Gasteiger partial charge in [0, 0.05) is 11.4 Å². The van der Waals surface area contributed by atoms with Crippen LogP contribution in [0, 0.1) is 0 Å². The molecule has 0 heterocycles. The number of benzene rings is 2. The van der Waals surface area contributed by atoms with Gasteiger partial charge < -0.3 is 10.1 Å². The first kappa shape index (κ1) is 18.8. The summed E-state index contributed by atoms with van der Waals surface area (Å²) < 4.78 is 31.1. The molecule has 0 bridgehead atoms. The van der Waals surface area contributed by atoms with Crippen molar-refractivity contribution in [1.29, 1.82) is 0 Å². The first-order valence-electron chi connectivity index (χ1n) is 8.00. The zero-order chi connectivity index (χ0) is 18.3. The van der Waals surface area contributed by atoms with E-state index in [2.05, 4.69) is 10.0 Å². The van der Waals surface area contributed by atoms with Crippen LogP contribution in [0.5, 0.6) is 0 Å². The number of methoxy groups -OCH3 is 1. The molecule has 0 amide bonds. The third kappa shape index (κ3) is 5.49. The molecule has 0 saturated heterocycles. The third-order valence-electron chi connectivity index (χ3n) is 3.54. The van der Waals surface area contributed by atoms with E-state index in [9.17, 15) is 13.2 Å². The molecule has 0 aliphatic rings. The molecule has 25 heavy (non-hydrogen) atoms. The molecule has 2 rings (SSSR count). The molecule has 0 radical (unpaired) electrons. The molecule has 0 saturated carbocycles. The quantitative estimate of drug-likeness (QED) is 0.699. The molecular formula is C18H22N2O4S. The number of carbonyl (C=O) groups excluding carboxylic acids is 1. The number of hydrogen-bond donors (Lipinski definition) is 2. The molecule has 134 valence electrons. The molecule has 7 heteroatoms. The molecule has 0 aliphatic heterocycles. The summed E-state index contributed by atoms with van der Waals surface area (Å²) >= 11 is 0. The number of esters is 1. The van der Waals surface area contributed by atoms with E-state index in [-0.39, 0.29) is 5.75 Å². The summed E-state index contributed by atoms with van der Waals surface area (Å²) in [7, 11) is -1.99. The number of sulfonamides is 1. The van der Waals surface area contributed by atoms with Crippen molar-refractivity contribution >= 4 is 33.1 Å². The molecule has 0 atom stereocenters. The molecule has 2 N–H and O–H groups in total. The zero-order valence-electron chi connectivity index (χ0n) is 14.3. The number of para-hydroxylation sites is 1. The Morgan fingerprint density at radius 3 is 2.32 bits per heavy atom. The topological polar surface area (TPSA) is 84.5 Å². The molecule has 6 nitrogen and oxygen atoms in total. The van der Waals surface area contributed by atoms with Gasteiger partial charge >= 0.3 is 5.97 Å². The number of ether oxygens (including phenoxy) is 1. The lowest BCUT2D eigenvalue weighted by molar-refractivity contribution is 0.0602. The van der Waals surface area contributed by atoms with E-state index in [0.29, 0.717) is 23.4 Å². The molecule has 0 aliphatic carbocycles. The fourth-order valence-corrected chi connectivity index (χ4v) is 3.49. The van der Waals surface area contributed by atoms with Crippen LogP contribution in [0.15, 0.2) is 48.5 Å². The van der Waals surface area contributed by atoms with Gasteiger partial charge in [-0.05, 0) is 42.8 Å². The van der Waals surface area contributed by atoms with Crippen molar-refractivity contribution in [3.05, 3.63) is 54.1 Å². The van der Waals surface area contributed by atoms with Gasteiger partial charge in [-0.25, -0.2) is 13.2 Å². The van der Waals surface area contributed by atoms with Crippen molar-refractivity contribution in [2.45, 2.75) is 19.8 Å². The van der Waals surface area contributed by atoms with Gasteiger partial charge in [-0.1, -0.05) is 25.5 Å². The minimum absolute atomic E-state index is 0.107. The highest BCUT2D eigenvalue weighted by Crippen LogP contribution is 2.23. The molecule has 0 spiro atoms. The van der Waals surface area contributed by atoms with Crippen LogP contribution in [0.4, 0.5) is 17.1 Å². The Morgan fingerprint density at radius 1 is 1.04 bits per heavy atom. The van der Waals surface area contributed by atoms with E-state index in [0.717, 1.165) is 12.1 Å². The lowest BCUT2D eigenvalue weighted by Gasteiger charge is -2.12. The van der Waals surface area contributed by atoms with Crippen molar-refractivity contribution < 1.29 is 17.9 Å². The van der Waals surface area contributed by atoms with E-state index < -0.39 is 16.0 Å². The van der Waals surface area contributed by atoms with Crippen LogP contribution in [0.25, 0.3) is 0 Å². The fourth-order valence-electron chi connectivity index (χ4n) is 2.22. The maximum absolute atomic E-state index is 11.9. The summed E-state index contributed by atoms with van der Waals surface area (Å²) in [6.07, 6.45) is 1.45. The second-order valence-electron chi connectivity index (χ2n) is 5.51. The standard InChI is InChI=1S/C18H22N2O4S/c1-3-4-13-25(22,23)20-15-11-9-14(10-12-15)19-17-8-6-5-7-16(17)18(21)24-2/h5-12,19-20H,3-4,13H2,1-2H3. The predicted molar refractivity (Wildman–Crippen MR) is 99.8 cm³/mol. The Morgan fingerprint density at radius 2 is 1.68 bits per heavy atom. The van der Waals surface area contributed by atoms with Crippen molar-refractivity contribution in [3.8, 4) is 0 Å². The molecule has 0 fully saturated rings. The first-order valence-corrected chi connectivity index (χ1v) is 9.65. The van der Waals surface area contributed by atoms with E-state index >= 15 is 0 Å². The summed E-state index contributed by atoms with van der Waals surface area (Å²) in [4.78, 5) is 11.8. The summed E-state index contributed by atoms with van der Waals surface area (Å²) in [6, 6.07) is 13.8. The summed E-state index contributed by atoms with van der Waals surface area (Å²) in [5, 5.41) is 3.13. The van der Waals surface area contributed by atoms with Crippen LogP contribution in [-0.4, -0.2) is 27.2 Å². The number of hydrogen-bond acceptors (Lipinski definition) is 5. The van der Waals surface area contributed by atoms with Gasteiger partial charge in [0.1, 0.15) is 0 Å². The Labute approximate surface area is 148 Å². The minimum atomic E-state index is -3.32. The van der Waals surface area contributed by atoms with E-state index in [1.807, 2.05) is 13.0 Å². The second kappa shape index (κ2) is 8.53. The number of rotatable bonds is 8. The summed E-state index contributed by atoms with van der Waals surface area (Å²) in [5.41, 5.74) is 2.27. The maximum Gasteiger partial charge on any atom is 0.339 e. The number of anilines is 3. The molecule has 0 aromatic heterocycles. The molecule has 2 aromatic carbocycles. The van der Waals surface area contributed by atoms with E-state index in [1.165, 1.54) is 7.11 Å². The highest BCUT2D eigenvalue weighted by molar-refractivity contribution is 7.92. The van der Waals surface area contributed by atoms with Gasteiger partial charge in [0.25, 0.3) is 0 Å². The second-order valence-corrected chi connectivity index (χ2v) is 7.36. The van der Waals surface area contributed by atoms with Crippen LogP contribution >= 0.6 is 0 Å². The van der Waals surface area contributed by atoms with Gasteiger partial charge in [0.15, 0.2) is 0 Å². The molecule has 0 unspecified atom stereocenters. The smallest absolute Gasteiger partial charge is 0.339 e. The number of unbranched alkanes of at least 4 members (excludes halogenated alkanes) is 1. The van der Waals surface area contributed by atoms with Crippen molar-refractivity contribution in [3.63, 3.8) is 0 Å². The van der Waals surface area contributed by atoms with Crippen LogP contribution in [0.1, 0.15) is 30.1 Å². The van der Waals surface area contributed by atoms with Crippen LogP contribution < -0.4 is 10.0 Å². The van der Waals surface area contributed by atoms with Crippen molar-refractivity contribution in [2.24, 2.45) is 0 Å². The van der Waals surface area contributed by atoms with Crippen LogP contribution in [0.3, 0.4) is 0 Å². The lowest BCUT2D eigenvalue weighted by Crippen LogP contribution is -2.16. The maximum atomic E-state index is 11.9. The number of carbonyl (C=O) groups is 1. The third-order valence-corrected chi connectivity index (χ3v) is 4.91. The van der Waals surface area contributed by atoms with Crippen LogP contribution in [0.2, 0.25) is 0 Å². The zero-order valence-corrected chi connectivity index (χ0v) is 15.1.